The van der Waals surface area contributed by atoms with Gasteiger partial charge in [-0.2, -0.15) is 0 Å². The minimum atomic E-state index is -0.877. The van der Waals surface area contributed by atoms with E-state index in [9.17, 15) is 14.7 Å². The minimum absolute atomic E-state index is 0.0128. The maximum absolute atomic E-state index is 13.5. The van der Waals surface area contributed by atoms with Crippen molar-refractivity contribution >= 4 is 17.5 Å². The quantitative estimate of drug-likeness (QED) is 0.851. The van der Waals surface area contributed by atoms with Crippen LogP contribution in [0, 0.1) is 5.92 Å². The number of aliphatic hydroxyl groups is 1. The van der Waals surface area contributed by atoms with E-state index in [0.717, 1.165) is 29.7 Å². The number of hydrogen-bond donors (Lipinski definition) is 1. The first-order valence-corrected chi connectivity index (χ1v) is 10.4. The molecule has 2 heterocycles. The first-order chi connectivity index (χ1) is 14.0. The molecule has 2 aliphatic rings. The van der Waals surface area contributed by atoms with Crippen LogP contribution < -0.4 is 4.90 Å². The highest BCUT2D eigenvalue weighted by Crippen LogP contribution is 2.46. The number of likely N-dealkylation sites (N-methyl/N-ethyl adjacent to an activating group) is 1. The molecule has 1 fully saturated rings. The van der Waals surface area contributed by atoms with Crippen LogP contribution in [0.25, 0.3) is 0 Å². The summed E-state index contributed by atoms with van der Waals surface area (Å²) < 4.78 is 0. The van der Waals surface area contributed by atoms with Crippen molar-refractivity contribution in [2.24, 2.45) is 5.92 Å². The Kier molecular flexibility index (Phi) is 5.41. The molecule has 29 heavy (non-hydrogen) atoms. The molecule has 2 amide bonds. The zero-order chi connectivity index (χ0) is 20.4. The van der Waals surface area contributed by atoms with Gasteiger partial charge in [0, 0.05) is 38.9 Å². The average Bonchev–Trinajstić information content (AvgIpc) is 2.97. The van der Waals surface area contributed by atoms with E-state index < -0.39 is 5.41 Å². The highest BCUT2D eigenvalue weighted by molar-refractivity contribution is 6.09. The van der Waals surface area contributed by atoms with Gasteiger partial charge in [0.25, 0.3) is 0 Å². The number of aliphatic hydroxyl groups excluding tert-OH is 1. The molecule has 1 saturated heterocycles. The number of para-hydroxylation sites is 1. The van der Waals surface area contributed by atoms with E-state index in [4.69, 9.17) is 0 Å². The number of carbonyl (C=O) groups excluding carboxylic acids is 2. The van der Waals surface area contributed by atoms with Crippen LogP contribution in [0.1, 0.15) is 30.4 Å². The van der Waals surface area contributed by atoms with Gasteiger partial charge in [-0.25, -0.2) is 0 Å². The van der Waals surface area contributed by atoms with Crippen LogP contribution in [0.3, 0.4) is 0 Å². The van der Waals surface area contributed by atoms with Gasteiger partial charge in [0.2, 0.25) is 11.8 Å². The Morgan fingerprint density at radius 3 is 2.41 bits per heavy atom. The van der Waals surface area contributed by atoms with Gasteiger partial charge in [0.15, 0.2) is 0 Å². The molecule has 2 aliphatic heterocycles. The van der Waals surface area contributed by atoms with E-state index in [1.54, 1.807) is 11.9 Å². The Morgan fingerprint density at radius 1 is 1.07 bits per heavy atom. The van der Waals surface area contributed by atoms with Crippen molar-refractivity contribution in [1.82, 2.24) is 4.90 Å². The lowest BCUT2D eigenvalue weighted by molar-refractivity contribution is -0.137. The van der Waals surface area contributed by atoms with Gasteiger partial charge in [-0.15, -0.1) is 0 Å². The summed E-state index contributed by atoms with van der Waals surface area (Å²) in [6, 6.07) is 17.8. The van der Waals surface area contributed by atoms with Crippen molar-refractivity contribution < 1.29 is 14.7 Å². The zero-order valence-corrected chi connectivity index (χ0v) is 16.9. The summed E-state index contributed by atoms with van der Waals surface area (Å²) in [4.78, 5) is 30.4. The third kappa shape index (κ3) is 3.55. The number of anilines is 1. The molecule has 152 valence electrons. The summed E-state index contributed by atoms with van der Waals surface area (Å²) in [7, 11) is 1.80. The van der Waals surface area contributed by atoms with Gasteiger partial charge in [-0.05, 0) is 42.4 Å². The number of rotatable bonds is 5. The molecule has 5 heteroatoms. The number of fused-ring (bicyclic) bond motifs is 1. The van der Waals surface area contributed by atoms with Crippen LogP contribution >= 0.6 is 0 Å². The Balaban J connectivity index is 1.67. The summed E-state index contributed by atoms with van der Waals surface area (Å²) in [6.07, 6.45) is 2.31. The maximum Gasteiger partial charge on any atom is 0.238 e. The van der Waals surface area contributed by atoms with E-state index in [-0.39, 0.29) is 30.8 Å². The van der Waals surface area contributed by atoms with Crippen LogP contribution in [-0.2, 0) is 21.4 Å². The molecule has 0 bridgehead atoms. The van der Waals surface area contributed by atoms with Crippen LogP contribution in [0.5, 0.6) is 0 Å². The molecular formula is C24H28N2O3. The predicted octanol–water partition coefficient (Wildman–Crippen LogP) is 2.76. The van der Waals surface area contributed by atoms with Crippen molar-refractivity contribution in [3.8, 4) is 0 Å². The van der Waals surface area contributed by atoms with Crippen LogP contribution in [0.2, 0.25) is 0 Å². The van der Waals surface area contributed by atoms with Crippen molar-refractivity contribution in [3.05, 3.63) is 65.7 Å². The van der Waals surface area contributed by atoms with E-state index in [2.05, 4.69) is 0 Å². The van der Waals surface area contributed by atoms with Gasteiger partial charge in [0.05, 0.1) is 5.41 Å². The summed E-state index contributed by atoms with van der Waals surface area (Å²) in [5.41, 5.74) is 2.00. The van der Waals surface area contributed by atoms with Crippen LogP contribution in [-0.4, -0.2) is 48.6 Å². The van der Waals surface area contributed by atoms with Crippen LogP contribution in [0.4, 0.5) is 5.69 Å². The summed E-state index contributed by atoms with van der Waals surface area (Å²) in [5.74, 6) is 0.286. The Morgan fingerprint density at radius 2 is 1.72 bits per heavy atom. The molecule has 0 aliphatic carbocycles. The fraction of sp³-hybridized carbons (Fsp3) is 0.417. The standard InChI is InChI=1S/C24H28N2O3/c1-25-21-10-6-5-9-20(21)24(23(25)29,15-18-7-3-2-4-8-18)16-22(28)26-13-11-19(17-27)12-14-26/h2-10,19,27H,11-17H2,1H3/t24-/m1/s1. The second kappa shape index (κ2) is 7.99. The van der Waals surface area contributed by atoms with Crippen molar-refractivity contribution in [2.45, 2.75) is 31.1 Å². The first-order valence-electron chi connectivity index (χ1n) is 10.4. The number of piperidine rings is 1. The zero-order valence-electron chi connectivity index (χ0n) is 16.9. The van der Waals surface area contributed by atoms with E-state index in [0.29, 0.717) is 19.5 Å². The number of hydrogen-bond acceptors (Lipinski definition) is 3. The van der Waals surface area contributed by atoms with Crippen molar-refractivity contribution in [1.29, 1.82) is 0 Å². The molecule has 4 rings (SSSR count). The highest BCUT2D eigenvalue weighted by Gasteiger charge is 2.51. The van der Waals surface area contributed by atoms with Crippen molar-refractivity contribution in [2.75, 3.05) is 31.6 Å². The number of nitrogens with zero attached hydrogens (tertiary/aromatic N) is 2. The lowest BCUT2D eigenvalue weighted by atomic mass is 9.73. The second-order valence-corrected chi connectivity index (χ2v) is 8.31. The summed E-state index contributed by atoms with van der Waals surface area (Å²) in [5, 5.41) is 9.37. The second-order valence-electron chi connectivity index (χ2n) is 8.31. The van der Waals surface area contributed by atoms with Crippen molar-refractivity contribution in [3.63, 3.8) is 0 Å². The Labute approximate surface area is 171 Å². The third-order valence-electron chi connectivity index (χ3n) is 6.52. The molecule has 0 spiro atoms. The van der Waals surface area contributed by atoms with E-state index in [1.165, 1.54) is 0 Å². The molecule has 0 unspecified atom stereocenters. The SMILES string of the molecule is CN1C(=O)[C@@](CC(=O)N2CCC(CO)CC2)(Cc2ccccc2)c2ccccc21. The molecule has 0 radical (unpaired) electrons. The minimum Gasteiger partial charge on any atom is -0.396 e. The van der Waals surface area contributed by atoms with Gasteiger partial charge in [-0.3, -0.25) is 9.59 Å². The first kappa shape index (κ1) is 19.6. The lowest BCUT2D eigenvalue weighted by Crippen LogP contribution is -2.47. The lowest BCUT2D eigenvalue weighted by Gasteiger charge is -2.35. The van der Waals surface area contributed by atoms with Gasteiger partial charge >= 0.3 is 0 Å². The molecule has 2 aromatic rings. The number of benzene rings is 2. The molecule has 2 aromatic carbocycles. The Hall–Kier alpha value is -2.66. The number of likely N-dealkylation sites (tertiary alicyclic amines) is 1. The molecule has 0 saturated carbocycles. The van der Waals surface area contributed by atoms with Gasteiger partial charge < -0.3 is 14.9 Å². The van der Waals surface area contributed by atoms with E-state index in [1.807, 2.05) is 59.5 Å². The smallest absolute Gasteiger partial charge is 0.238 e. The molecule has 1 N–H and O–H groups in total. The fourth-order valence-corrected chi connectivity index (χ4v) is 4.80. The topological polar surface area (TPSA) is 60.9 Å². The maximum atomic E-state index is 13.5. The highest BCUT2D eigenvalue weighted by atomic mass is 16.3. The monoisotopic (exact) mass is 392 g/mol. The molecule has 5 nitrogen and oxygen atoms in total. The van der Waals surface area contributed by atoms with Gasteiger partial charge in [-0.1, -0.05) is 48.5 Å². The Bertz CT molecular complexity index is 890. The average molecular weight is 392 g/mol. The fourth-order valence-electron chi connectivity index (χ4n) is 4.80. The number of amides is 2. The summed E-state index contributed by atoms with van der Waals surface area (Å²) >= 11 is 0. The number of carbonyl (C=O) groups is 2. The largest absolute Gasteiger partial charge is 0.396 e. The van der Waals surface area contributed by atoms with E-state index >= 15 is 0 Å². The van der Waals surface area contributed by atoms with Gasteiger partial charge in [0.1, 0.15) is 0 Å². The normalized spacial score (nSPS) is 22.1. The summed E-state index contributed by atoms with van der Waals surface area (Å²) in [6.45, 7) is 1.48. The molecule has 1 atom stereocenters. The predicted molar refractivity (Wildman–Crippen MR) is 113 cm³/mol. The molecular weight excluding hydrogens is 364 g/mol. The van der Waals surface area contributed by atoms with Crippen LogP contribution in [0.15, 0.2) is 54.6 Å². The molecule has 0 aromatic heterocycles. The third-order valence-corrected chi connectivity index (χ3v) is 6.52.